The number of nitrogens with one attached hydrogen (secondary N) is 2. The van der Waals surface area contributed by atoms with E-state index in [1.807, 2.05) is 85.8 Å². The molecule has 4 rings (SSSR count). The minimum atomic E-state index is -0.516. The van der Waals surface area contributed by atoms with Crippen LogP contribution in [0.1, 0.15) is 17.7 Å². The van der Waals surface area contributed by atoms with Crippen molar-refractivity contribution in [3.63, 3.8) is 0 Å². The Balaban J connectivity index is 1.51. The zero-order valence-electron chi connectivity index (χ0n) is 18.7. The highest BCUT2D eigenvalue weighted by atomic mass is 32.2. The number of hydrogen-bond donors (Lipinski definition) is 2. The smallest absolute Gasteiger partial charge is 0.242 e. The second-order valence-electron chi connectivity index (χ2n) is 7.05. The summed E-state index contributed by atoms with van der Waals surface area (Å²) in [5, 5.41) is 14.9. The van der Waals surface area contributed by atoms with Gasteiger partial charge in [-0.2, -0.15) is 0 Å². The molecular weight excluding hydrogens is 468 g/mol. The van der Waals surface area contributed by atoms with Crippen molar-refractivity contribution in [1.29, 1.82) is 0 Å². The minimum Gasteiger partial charge on any atom is -0.497 e. The van der Waals surface area contributed by atoms with Crippen molar-refractivity contribution in [1.82, 2.24) is 10.2 Å². The monoisotopic (exact) mass is 492 g/mol. The number of carbonyl (C=O) groups excluding carboxylic acids is 1. The number of rotatable bonds is 10. The summed E-state index contributed by atoms with van der Waals surface area (Å²) in [6, 6.07) is 24.6. The number of hydrogen-bond acceptors (Lipinski definition) is 8. The first-order valence-electron chi connectivity index (χ1n) is 10.6. The lowest BCUT2D eigenvalue weighted by Gasteiger charge is -2.17. The first-order valence-corrected chi connectivity index (χ1v) is 12.3. The molecule has 2 N–H and O–H groups in total. The fourth-order valence-corrected chi connectivity index (χ4v) is 5.12. The number of thioether (sulfide) groups is 1. The number of nitrogens with zero attached hydrogens (tertiary/aromatic N) is 2. The van der Waals surface area contributed by atoms with Crippen LogP contribution in [0.15, 0.2) is 83.2 Å². The molecule has 9 heteroatoms. The Morgan fingerprint density at radius 2 is 1.74 bits per heavy atom. The molecular formula is C25H24N4O3S2. The van der Waals surface area contributed by atoms with Gasteiger partial charge in [0, 0.05) is 5.69 Å². The van der Waals surface area contributed by atoms with Crippen LogP contribution in [0.5, 0.6) is 11.5 Å². The number of amides is 1. The molecule has 4 aromatic rings. The molecule has 174 valence electrons. The molecule has 0 unspecified atom stereocenters. The Morgan fingerprint density at radius 1 is 1.00 bits per heavy atom. The topological polar surface area (TPSA) is 85.4 Å². The van der Waals surface area contributed by atoms with Crippen LogP contribution in [0.3, 0.4) is 0 Å². The van der Waals surface area contributed by atoms with Crippen LogP contribution in [0.25, 0.3) is 0 Å². The van der Waals surface area contributed by atoms with Gasteiger partial charge in [0.25, 0.3) is 0 Å². The third-order valence-corrected chi connectivity index (χ3v) is 6.93. The van der Waals surface area contributed by atoms with E-state index in [4.69, 9.17) is 9.47 Å². The van der Waals surface area contributed by atoms with E-state index >= 15 is 0 Å². The van der Waals surface area contributed by atoms with Crippen molar-refractivity contribution < 1.29 is 14.3 Å². The van der Waals surface area contributed by atoms with Crippen LogP contribution in [0.2, 0.25) is 0 Å². The Morgan fingerprint density at radius 3 is 2.47 bits per heavy atom. The van der Waals surface area contributed by atoms with Crippen molar-refractivity contribution in [3.8, 4) is 11.5 Å². The van der Waals surface area contributed by atoms with E-state index in [2.05, 4.69) is 20.8 Å². The third-order valence-electron chi connectivity index (χ3n) is 4.75. The molecule has 7 nitrogen and oxygen atoms in total. The van der Waals surface area contributed by atoms with Crippen LogP contribution in [-0.4, -0.2) is 29.8 Å². The van der Waals surface area contributed by atoms with Gasteiger partial charge in [0.05, 0.1) is 19.4 Å². The summed E-state index contributed by atoms with van der Waals surface area (Å²) < 4.78 is 11.5. The minimum absolute atomic E-state index is 0.164. The number of aromatic nitrogens is 2. The summed E-state index contributed by atoms with van der Waals surface area (Å²) in [6.07, 6.45) is 0. The van der Waals surface area contributed by atoms with Gasteiger partial charge in [-0.15, -0.1) is 10.2 Å². The SMILES string of the molecule is CCOc1ccccc1NC(=O)[C@@H](Sc1nnc(Nc2ccc(OC)cc2)s1)c1ccccc1. The molecule has 1 amide bonds. The van der Waals surface area contributed by atoms with Crippen molar-refractivity contribution in [2.75, 3.05) is 24.4 Å². The predicted molar refractivity (Wildman–Crippen MR) is 137 cm³/mol. The van der Waals surface area contributed by atoms with E-state index in [0.717, 1.165) is 17.0 Å². The Hall–Kier alpha value is -3.56. The van der Waals surface area contributed by atoms with E-state index in [9.17, 15) is 4.79 Å². The van der Waals surface area contributed by atoms with Gasteiger partial charge in [-0.25, -0.2) is 0 Å². The van der Waals surface area contributed by atoms with Crippen LogP contribution >= 0.6 is 23.1 Å². The summed E-state index contributed by atoms with van der Waals surface area (Å²) in [5.41, 5.74) is 2.38. The van der Waals surface area contributed by atoms with Crippen molar-refractivity contribution in [2.24, 2.45) is 0 Å². The zero-order valence-corrected chi connectivity index (χ0v) is 20.4. The van der Waals surface area contributed by atoms with Gasteiger partial charge in [0.15, 0.2) is 4.34 Å². The van der Waals surface area contributed by atoms with Gasteiger partial charge in [-0.05, 0) is 48.9 Å². The predicted octanol–water partition coefficient (Wildman–Crippen LogP) is 6.16. The number of para-hydroxylation sites is 2. The highest BCUT2D eigenvalue weighted by Crippen LogP contribution is 2.39. The quantitative estimate of drug-likeness (QED) is 0.256. The number of ether oxygens (including phenoxy) is 2. The molecule has 1 atom stereocenters. The number of methoxy groups -OCH3 is 1. The van der Waals surface area contributed by atoms with E-state index in [-0.39, 0.29) is 5.91 Å². The molecule has 0 radical (unpaired) electrons. The first kappa shape index (κ1) is 23.6. The zero-order chi connectivity index (χ0) is 23.8. The molecule has 0 aliphatic carbocycles. The second kappa shape index (κ2) is 11.5. The molecule has 0 aliphatic rings. The van der Waals surface area contributed by atoms with Crippen LogP contribution in [0.4, 0.5) is 16.5 Å². The summed E-state index contributed by atoms with van der Waals surface area (Å²) in [4.78, 5) is 13.4. The molecule has 0 saturated carbocycles. The molecule has 1 aromatic heterocycles. The molecule has 0 fully saturated rings. The molecule has 34 heavy (non-hydrogen) atoms. The van der Waals surface area contributed by atoms with E-state index in [0.29, 0.717) is 27.5 Å². The fraction of sp³-hybridized carbons (Fsp3) is 0.160. The maximum Gasteiger partial charge on any atom is 0.242 e. The van der Waals surface area contributed by atoms with Gasteiger partial charge in [-0.3, -0.25) is 4.79 Å². The fourth-order valence-electron chi connectivity index (χ4n) is 3.16. The number of carbonyl (C=O) groups is 1. The van der Waals surface area contributed by atoms with Crippen molar-refractivity contribution in [3.05, 3.63) is 84.4 Å². The number of anilines is 3. The molecule has 0 bridgehead atoms. The van der Waals surface area contributed by atoms with Crippen molar-refractivity contribution in [2.45, 2.75) is 16.5 Å². The summed E-state index contributed by atoms with van der Waals surface area (Å²) >= 11 is 2.75. The maximum atomic E-state index is 13.4. The van der Waals surface area contributed by atoms with Crippen LogP contribution in [0, 0.1) is 0 Å². The van der Waals surface area contributed by atoms with Gasteiger partial charge >= 0.3 is 0 Å². The second-order valence-corrected chi connectivity index (χ2v) is 9.38. The summed E-state index contributed by atoms with van der Waals surface area (Å²) in [7, 11) is 1.63. The Bertz CT molecular complexity index is 1220. The number of benzene rings is 3. The maximum absolute atomic E-state index is 13.4. The van der Waals surface area contributed by atoms with Gasteiger partial charge in [0.2, 0.25) is 11.0 Å². The van der Waals surface area contributed by atoms with E-state index < -0.39 is 5.25 Å². The normalized spacial score (nSPS) is 11.5. The summed E-state index contributed by atoms with van der Waals surface area (Å²) in [5.74, 6) is 1.25. The highest BCUT2D eigenvalue weighted by Gasteiger charge is 2.25. The lowest BCUT2D eigenvalue weighted by Crippen LogP contribution is -2.19. The average molecular weight is 493 g/mol. The first-order chi connectivity index (χ1) is 16.7. The molecule has 0 spiro atoms. The highest BCUT2D eigenvalue weighted by molar-refractivity contribution is 8.02. The van der Waals surface area contributed by atoms with E-state index in [1.165, 1.54) is 23.1 Å². The third kappa shape index (κ3) is 6.06. The van der Waals surface area contributed by atoms with Crippen LogP contribution < -0.4 is 20.1 Å². The Kier molecular flexibility index (Phi) is 8.00. The Labute approximate surface area is 206 Å². The standard InChI is InChI=1S/C25H24N4O3S2/c1-3-32-21-12-8-7-11-20(21)27-23(30)22(17-9-5-4-6-10-17)33-25-29-28-24(34-25)26-18-13-15-19(31-2)16-14-18/h4-16,22H,3H2,1-2H3,(H,26,28)(H,27,30)/t22-/m0/s1. The molecule has 0 aliphatic heterocycles. The van der Waals surface area contributed by atoms with Crippen molar-refractivity contribution >= 4 is 45.5 Å². The van der Waals surface area contributed by atoms with Crippen LogP contribution in [-0.2, 0) is 4.79 Å². The average Bonchev–Trinajstić information content (AvgIpc) is 3.31. The van der Waals surface area contributed by atoms with E-state index in [1.54, 1.807) is 7.11 Å². The lowest BCUT2D eigenvalue weighted by molar-refractivity contribution is -0.115. The molecule has 1 heterocycles. The van der Waals surface area contributed by atoms with Gasteiger partial charge in [0.1, 0.15) is 16.7 Å². The summed E-state index contributed by atoms with van der Waals surface area (Å²) in [6.45, 7) is 2.42. The van der Waals surface area contributed by atoms with Gasteiger partial charge in [-0.1, -0.05) is 65.6 Å². The lowest BCUT2D eigenvalue weighted by atomic mass is 10.1. The molecule has 0 saturated heterocycles. The molecule has 3 aromatic carbocycles. The van der Waals surface area contributed by atoms with Gasteiger partial charge < -0.3 is 20.1 Å². The largest absolute Gasteiger partial charge is 0.497 e.